The number of nitrogens with zero attached hydrogens (tertiary/aromatic N) is 1. The predicted octanol–water partition coefficient (Wildman–Crippen LogP) is 6.30. The number of hydrogen-bond acceptors (Lipinski definition) is 5. The van der Waals surface area contributed by atoms with Gasteiger partial charge in [0, 0.05) is 6.20 Å². The van der Waals surface area contributed by atoms with Crippen LogP contribution in [0.2, 0.25) is 0 Å². The van der Waals surface area contributed by atoms with E-state index in [0.717, 1.165) is 0 Å². The maximum atomic E-state index is 15.1. The van der Waals surface area contributed by atoms with E-state index in [9.17, 15) is 12.3 Å². The number of halogens is 3. The van der Waals surface area contributed by atoms with Gasteiger partial charge in [-0.2, -0.15) is 0 Å². The molecule has 0 fully saturated rings. The van der Waals surface area contributed by atoms with Gasteiger partial charge in [-0.25, -0.2) is 9.37 Å². The molecule has 33 heavy (non-hydrogen) atoms. The Morgan fingerprint density at radius 2 is 1.82 bits per heavy atom. The van der Waals surface area contributed by atoms with E-state index in [1.54, 1.807) is 47.1 Å². The van der Waals surface area contributed by atoms with Gasteiger partial charge < -0.3 is 0 Å². The molecule has 0 amide bonds. The monoisotopic (exact) mass is 565 g/mol. The molecule has 0 spiro atoms. The number of pyridine rings is 1. The molecule has 0 N–H and O–H groups in total. The van der Waals surface area contributed by atoms with Crippen LogP contribution in [0.25, 0.3) is 11.0 Å². The predicted molar refractivity (Wildman–Crippen MR) is 131 cm³/mol. The van der Waals surface area contributed by atoms with Crippen molar-refractivity contribution in [3.8, 4) is 11.6 Å². The molecule has 0 unspecified atom stereocenters. The van der Waals surface area contributed by atoms with Crippen LogP contribution in [-0.2, 0) is 13.9 Å². The minimum absolute atomic E-state index is 0.0482. The average molecular weight is 565 g/mol. The number of aromatic nitrogens is 1. The van der Waals surface area contributed by atoms with E-state index in [1.807, 2.05) is 0 Å². The summed E-state index contributed by atoms with van der Waals surface area (Å²) < 4.78 is 52.3. The molecule has 0 atom stereocenters. The van der Waals surface area contributed by atoms with Crippen LogP contribution < -0.4 is 10.4 Å². The number of fused-ring (bicyclic) bond motifs is 1. The Hall–Kier alpha value is -3.01. The van der Waals surface area contributed by atoms with E-state index in [1.165, 1.54) is 24.4 Å². The van der Waals surface area contributed by atoms with Crippen molar-refractivity contribution in [2.45, 2.75) is 17.8 Å². The summed E-state index contributed by atoms with van der Waals surface area (Å²) in [7, 11) is 0. The second kappa shape index (κ2) is 9.09. The summed E-state index contributed by atoms with van der Waals surface area (Å²) in [5.41, 5.74) is 1.42. The van der Waals surface area contributed by atoms with Crippen molar-refractivity contribution < 1.29 is 21.0 Å². The first-order chi connectivity index (χ1) is 15.6. The van der Waals surface area contributed by atoms with Crippen LogP contribution in [0.15, 0.2) is 63.9 Å². The molecule has 0 aliphatic heterocycles. The van der Waals surface area contributed by atoms with Crippen molar-refractivity contribution in [1.82, 2.24) is 4.98 Å². The number of aryl methyl sites for hydroxylation is 1. The zero-order valence-corrected chi connectivity index (χ0v) is 20.5. The van der Waals surface area contributed by atoms with Gasteiger partial charge in [0.15, 0.2) is 5.82 Å². The third-order valence-electron chi connectivity index (χ3n) is 5.19. The fourth-order valence-electron chi connectivity index (χ4n) is 3.61. The third kappa shape index (κ3) is 5.16. The third-order valence-corrected chi connectivity index (χ3v) is 7.85. The Bertz CT molecular complexity index is 1460. The summed E-state index contributed by atoms with van der Waals surface area (Å²) in [5.74, 6) is -0.975. The SMILES string of the molecule is Cc1c(Cc2cccc(CI(C)(C)=O)c2F)c(=O)oc2cc(Oc3ncccc3F)ccc12. The number of alkyl halides is 3. The summed E-state index contributed by atoms with van der Waals surface area (Å²) in [6.07, 6.45) is 1.46. The Labute approximate surface area is 193 Å². The van der Waals surface area contributed by atoms with Crippen molar-refractivity contribution in [3.05, 3.63) is 99.0 Å². The quantitative estimate of drug-likeness (QED) is 0.156. The van der Waals surface area contributed by atoms with Gasteiger partial charge in [0.1, 0.15) is 0 Å². The fourth-order valence-corrected chi connectivity index (χ4v) is 6.18. The molecular formula is C25H22F2INO4. The molecule has 4 rings (SSSR count). The maximum absolute atomic E-state index is 15.1. The van der Waals surface area contributed by atoms with Gasteiger partial charge in [-0.1, -0.05) is 0 Å². The summed E-state index contributed by atoms with van der Waals surface area (Å²) in [5, 5.41) is 0.658. The first-order valence-corrected chi connectivity index (χ1v) is 16.8. The van der Waals surface area contributed by atoms with Crippen LogP contribution in [0.3, 0.4) is 0 Å². The van der Waals surface area contributed by atoms with Crippen LogP contribution in [0.4, 0.5) is 8.78 Å². The molecule has 2 aromatic heterocycles. The zero-order chi connectivity index (χ0) is 23.8. The molecule has 0 saturated heterocycles. The van der Waals surface area contributed by atoms with Crippen molar-refractivity contribution in [3.63, 3.8) is 0 Å². The summed E-state index contributed by atoms with van der Waals surface area (Å²) >= 11 is -3.18. The van der Waals surface area contributed by atoms with E-state index in [2.05, 4.69) is 4.98 Å². The van der Waals surface area contributed by atoms with Crippen LogP contribution in [0.5, 0.6) is 11.6 Å². The number of hydrogen-bond donors (Lipinski definition) is 0. The molecule has 2 heterocycles. The summed E-state index contributed by atoms with van der Waals surface area (Å²) in [4.78, 5) is 20.0. The second-order valence-corrected chi connectivity index (χ2v) is 16.4. The zero-order valence-electron chi connectivity index (χ0n) is 18.3. The molecule has 0 aliphatic carbocycles. The van der Waals surface area contributed by atoms with Crippen molar-refractivity contribution in [2.75, 3.05) is 9.86 Å². The topological polar surface area (TPSA) is 69.4 Å². The van der Waals surface area contributed by atoms with E-state index in [-0.39, 0.29) is 28.1 Å². The van der Waals surface area contributed by atoms with Gasteiger partial charge in [-0.05, 0) is 12.1 Å². The Balaban J connectivity index is 1.69. The van der Waals surface area contributed by atoms with E-state index in [4.69, 9.17) is 9.15 Å². The van der Waals surface area contributed by atoms with Gasteiger partial charge >= 0.3 is 154 Å². The molecule has 8 heteroatoms. The molecule has 0 bridgehead atoms. The number of rotatable bonds is 6. The molecule has 0 radical (unpaired) electrons. The molecule has 4 aromatic rings. The summed E-state index contributed by atoms with van der Waals surface area (Å²) in [6, 6.07) is 12.5. The van der Waals surface area contributed by atoms with Crippen LogP contribution >= 0.6 is 18.4 Å². The van der Waals surface area contributed by atoms with E-state index >= 15 is 4.39 Å². The van der Waals surface area contributed by atoms with E-state index < -0.39 is 35.7 Å². The van der Waals surface area contributed by atoms with Crippen molar-refractivity contribution >= 4 is 29.4 Å². The Morgan fingerprint density at radius 1 is 1.06 bits per heavy atom. The Kier molecular flexibility index (Phi) is 6.38. The van der Waals surface area contributed by atoms with Crippen molar-refractivity contribution in [2.24, 2.45) is 0 Å². The van der Waals surface area contributed by atoms with Crippen LogP contribution in [0.1, 0.15) is 22.3 Å². The van der Waals surface area contributed by atoms with Crippen molar-refractivity contribution in [1.29, 1.82) is 0 Å². The van der Waals surface area contributed by atoms with Gasteiger partial charge in [-0.3, -0.25) is 0 Å². The van der Waals surface area contributed by atoms with Crippen LogP contribution in [-0.4, -0.2) is 14.8 Å². The standard InChI is InChI=1S/C25H22F2INO4/c1-15-19-10-9-18(32-24-21(26)8-5-11-29-24)13-22(19)33-25(30)20(15)12-16-6-4-7-17(23(16)27)14-28(2,3)31/h4-11,13H,12,14H2,1-3H3. The van der Waals surface area contributed by atoms with Gasteiger partial charge in [0.2, 0.25) is 0 Å². The fraction of sp³-hybridized carbons (Fsp3) is 0.200. The molecule has 5 nitrogen and oxygen atoms in total. The first kappa shape index (κ1) is 23.2. The first-order valence-electron chi connectivity index (χ1n) is 10.1. The minimum atomic E-state index is -3.18. The van der Waals surface area contributed by atoms with Crippen LogP contribution in [0, 0.1) is 18.6 Å². The van der Waals surface area contributed by atoms with E-state index in [0.29, 0.717) is 27.6 Å². The van der Waals surface area contributed by atoms with Gasteiger partial charge in [0.25, 0.3) is 5.88 Å². The normalized spacial score (nSPS) is 12.2. The molecule has 172 valence electrons. The van der Waals surface area contributed by atoms with Gasteiger partial charge in [0.05, 0.1) is 0 Å². The average Bonchev–Trinajstić information content (AvgIpc) is 2.74. The number of ether oxygens (including phenoxy) is 1. The van der Waals surface area contributed by atoms with Gasteiger partial charge in [-0.15, -0.1) is 0 Å². The number of benzene rings is 2. The second-order valence-electron chi connectivity index (χ2n) is 8.07. The molecule has 2 aromatic carbocycles. The molecule has 0 saturated carbocycles. The Morgan fingerprint density at radius 3 is 2.55 bits per heavy atom. The summed E-state index contributed by atoms with van der Waals surface area (Å²) in [6.45, 7) is 1.77. The molecular weight excluding hydrogens is 543 g/mol. The molecule has 0 aliphatic rings.